The van der Waals surface area contributed by atoms with E-state index in [1.807, 2.05) is 36.4 Å². The minimum atomic E-state index is -0.493. The van der Waals surface area contributed by atoms with Crippen LogP contribution in [0, 0.1) is 5.92 Å². The third-order valence-electron chi connectivity index (χ3n) is 5.06. The summed E-state index contributed by atoms with van der Waals surface area (Å²) in [5.74, 6) is -0.764. The molecule has 1 fully saturated rings. The van der Waals surface area contributed by atoms with Gasteiger partial charge >= 0.3 is 0 Å². The molecule has 0 spiro atoms. The van der Waals surface area contributed by atoms with Crippen molar-refractivity contribution in [2.75, 3.05) is 12.4 Å². The van der Waals surface area contributed by atoms with Crippen LogP contribution in [0.2, 0.25) is 5.02 Å². The van der Waals surface area contributed by atoms with Crippen molar-refractivity contribution in [2.24, 2.45) is 5.92 Å². The fourth-order valence-electron chi connectivity index (χ4n) is 3.59. The van der Waals surface area contributed by atoms with Crippen LogP contribution < -0.4 is 5.32 Å². The smallest absolute Gasteiger partial charge is 0.232 e. The summed E-state index contributed by atoms with van der Waals surface area (Å²) in [6, 6.07) is 11.0. The fourth-order valence-corrected chi connectivity index (χ4v) is 4.63. The molecule has 2 unspecified atom stereocenters. The van der Waals surface area contributed by atoms with Crippen LogP contribution in [0.25, 0.3) is 0 Å². The average Bonchev–Trinajstić information content (AvgIpc) is 3.28. The van der Waals surface area contributed by atoms with Crippen LogP contribution in [0.1, 0.15) is 28.5 Å². The van der Waals surface area contributed by atoms with Gasteiger partial charge in [-0.2, -0.15) is 0 Å². The Morgan fingerprint density at radius 2 is 2.10 bits per heavy atom. The second kappa shape index (κ2) is 8.31. The maximum atomic E-state index is 12.9. The summed E-state index contributed by atoms with van der Waals surface area (Å²) in [6.45, 7) is 0. The van der Waals surface area contributed by atoms with Crippen molar-refractivity contribution in [1.29, 1.82) is 0 Å². The Hall–Kier alpha value is -2.77. The molecule has 29 heavy (non-hydrogen) atoms. The highest BCUT2D eigenvalue weighted by molar-refractivity contribution is 7.15. The molecule has 3 aromatic rings. The first kappa shape index (κ1) is 19.5. The maximum absolute atomic E-state index is 12.9. The van der Waals surface area contributed by atoms with Gasteiger partial charge in [-0.15, -0.1) is 11.3 Å². The van der Waals surface area contributed by atoms with E-state index in [-0.39, 0.29) is 24.3 Å². The Balaban J connectivity index is 1.48. The van der Waals surface area contributed by atoms with Gasteiger partial charge in [0.25, 0.3) is 0 Å². The van der Waals surface area contributed by atoms with Gasteiger partial charge in [-0.1, -0.05) is 35.9 Å². The van der Waals surface area contributed by atoms with Gasteiger partial charge in [0.05, 0.1) is 12.0 Å². The van der Waals surface area contributed by atoms with E-state index >= 15 is 0 Å². The molecule has 2 atom stereocenters. The number of benzene rings is 1. The highest BCUT2D eigenvalue weighted by Gasteiger charge is 2.43. The summed E-state index contributed by atoms with van der Waals surface area (Å²) in [5.41, 5.74) is 1.86. The average molecular weight is 427 g/mol. The quantitative estimate of drug-likeness (QED) is 0.670. The molecule has 2 aromatic heterocycles. The third-order valence-corrected chi connectivity index (χ3v) is 6.34. The van der Waals surface area contributed by atoms with Crippen molar-refractivity contribution in [2.45, 2.75) is 18.9 Å². The van der Waals surface area contributed by atoms with E-state index in [0.29, 0.717) is 16.6 Å². The van der Waals surface area contributed by atoms with Gasteiger partial charge < -0.3 is 10.2 Å². The molecular weight excluding hydrogens is 408 g/mol. The van der Waals surface area contributed by atoms with Crippen molar-refractivity contribution in [3.63, 3.8) is 0 Å². The summed E-state index contributed by atoms with van der Waals surface area (Å²) in [6.07, 6.45) is 5.93. The van der Waals surface area contributed by atoms with Crippen molar-refractivity contribution in [3.8, 4) is 0 Å². The van der Waals surface area contributed by atoms with Crippen molar-refractivity contribution in [1.82, 2.24) is 14.9 Å². The van der Waals surface area contributed by atoms with Gasteiger partial charge in [0.2, 0.25) is 11.8 Å². The van der Waals surface area contributed by atoms with E-state index in [2.05, 4.69) is 15.3 Å². The normalized spacial score (nSPS) is 18.8. The van der Waals surface area contributed by atoms with Crippen LogP contribution in [0.4, 0.5) is 5.13 Å². The lowest BCUT2D eigenvalue weighted by molar-refractivity contribution is -0.127. The highest BCUT2D eigenvalue weighted by Crippen LogP contribution is 2.37. The van der Waals surface area contributed by atoms with E-state index in [1.165, 1.54) is 11.3 Å². The molecule has 4 rings (SSSR count). The molecule has 148 valence electrons. The lowest BCUT2D eigenvalue weighted by Gasteiger charge is -2.24. The van der Waals surface area contributed by atoms with E-state index in [1.54, 1.807) is 30.5 Å². The second-order valence-electron chi connectivity index (χ2n) is 6.94. The molecule has 1 aliphatic rings. The van der Waals surface area contributed by atoms with Crippen LogP contribution >= 0.6 is 22.9 Å². The fraction of sp³-hybridized carbons (Fsp3) is 0.238. The van der Waals surface area contributed by atoms with Crippen LogP contribution in [0.3, 0.4) is 0 Å². The molecule has 0 aliphatic carbocycles. The molecule has 1 N–H and O–H groups in total. The topological polar surface area (TPSA) is 75.2 Å². The molecule has 1 aliphatic heterocycles. The molecule has 3 heterocycles. The van der Waals surface area contributed by atoms with Gasteiger partial charge in [0.1, 0.15) is 0 Å². The molecular formula is C21H19ClN4O2S. The van der Waals surface area contributed by atoms with Crippen LogP contribution in [-0.4, -0.2) is 33.7 Å². The molecule has 6 nitrogen and oxygen atoms in total. The van der Waals surface area contributed by atoms with Crippen LogP contribution in [-0.2, 0) is 16.0 Å². The molecule has 2 amide bonds. The first-order valence-electron chi connectivity index (χ1n) is 9.17. The maximum Gasteiger partial charge on any atom is 0.232 e. The number of rotatable bonds is 5. The number of carbonyl (C=O) groups excluding carboxylic acids is 2. The minimum absolute atomic E-state index is 0.0578. The zero-order valence-corrected chi connectivity index (χ0v) is 17.3. The molecule has 1 aromatic carbocycles. The number of halogens is 1. The number of aromatic nitrogens is 2. The van der Waals surface area contributed by atoms with Gasteiger partial charge in [0, 0.05) is 48.4 Å². The summed E-state index contributed by atoms with van der Waals surface area (Å²) >= 11 is 7.64. The lowest BCUT2D eigenvalue weighted by Crippen LogP contribution is -2.30. The molecule has 0 bridgehead atoms. The Bertz CT molecular complexity index is 1040. The molecule has 0 saturated carbocycles. The Kier molecular flexibility index (Phi) is 5.60. The number of carbonyl (C=O) groups is 2. The zero-order valence-electron chi connectivity index (χ0n) is 15.7. The van der Waals surface area contributed by atoms with Crippen molar-refractivity contribution in [3.05, 3.63) is 76.0 Å². The molecule has 0 radical (unpaired) electrons. The molecule has 8 heteroatoms. The predicted octanol–water partition coefficient (Wildman–Crippen LogP) is 3.94. The highest BCUT2D eigenvalue weighted by atomic mass is 35.5. The number of thiazole rings is 1. The van der Waals surface area contributed by atoms with E-state index in [9.17, 15) is 9.59 Å². The summed E-state index contributed by atoms with van der Waals surface area (Å²) in [7, 11) is 1.72. The number of nitrogens with zero attached hydrogens (tertiary/aromatic N) is 3. The molecule has 1 saturated heterocycles. The van der Waals surface area contributed by atoms with E-state index < -0.39 is 5.92 Å². The number of hydrogen-bond acceptors (Lipinski definition) is 5. The van der Waals surface area contributed by atoms with E-state index in [0.717, 1.165) is 16.0 Å². The van der Waals surface area contributed by atoms with Crippen molar-refractivity contribution < 1.29 is 9.59 Å². The number of pyridine rings is 1. The predicted molar refractivity (Wildman–Crippen MR) is 113 cm³/mol. The van der Waals surface area contributed by atoms with Crippen molar-refractivity contribution >= 4 is 39.9 Å². The third kappa shape index (κ3) is 4.16. The standard InChI is InChI=1S/C21H19ClN4O2S/c1-26-18(27)10-16(19(26)14-6-4-8-23-11-14)20(28)25-21-24-12-15(29-21)9-13-5-2-3-7-17(13)22/h2-8,11-12,16,19H,9-10H2,1H3,(H,24,25,28). The first-order valence-corrected chi connectivity index (χ1v) is 10.4. The number of anilines is 1. The number of hydrogen-bond donors (Lipinski definition) is 1. The number of nitrogens with one attached hydrogen (secondary N) is 1. The Morgan fingerprint density at radius 1 is 1.28 bits per heavy atom. The van der Waals surface area contributed by atoms with Gasteiger partial charge in [0.15, 0.2) is 5.13 Å². The Labute approximate surface area is 177 Å². The van der Waals surface area contributed by atoms with Gasteiger partial charge in [-0.25, -0.2) is 4.98 Å². The van der Waals surface area contributed by atoms with Crippen LogP contribution in [0.5, 0.6) is 0 Å². The summed E-state index contributed by atoms with van der Waals surface area (Å²) in [5, 5.41) is 4.11. The monoisotopic (exact) mass is 426 g/mol. The van der Waals surface area contributed by atoms with Gasteiger partial charge in [-0.3, -0.25) is 14.6 Å². The Morgan fingerprint density at radius 3 is 2.86 bits per heavy atom. The summed E-state index contributed by atoms with van der Waals surface area (Å²) in [4.78, 5) is 36.3. The number of likely N-dealkylation sites (tertiary alicyclic amines) is 1. The largest absolute Gasteiger partial charge is 0.338 e. The summed E-state index contributed by atoms with van der Waals surface area (Å²) < 4.78 is 0. The second-order valence-corrected chi connectivity index (χ2v) is 8.46. The van der Waals surface area contributed by atoms with E-state index in [4.69, 9.17) is 11.6 Å². The number of amides is 2. The first-order chi connectivity index (χ1) is 14.0. The minimum Gasteiger partial charge on any atom is -0.338 e. The van der Waals surface area contributed by atoms with Gasteiger partial charge in [-0.05, 0) is 23.3 Å². The van der Waals surface area contributed by atoms with Crippen LogP contribution in [0.15, 0.2) is 55.0 Å². The zero-order chi connectivity index (χ0) is 20.4. The SMILES string of the molecule is CN1C(=O)CC(C(=O)Nc2ncc(Cc3ccccc3Cl)s2)C1c1cccnc1. The lowest BCUT2D eigenvalue weighted by atomic mass is 9.94.